The van der Waals surface area contributed by atoms with E-state index in [-0.39, 0.29) is 5.11 Å². The van der Waals surface area contributed by atoms with Gasteiger partial charge in [0.1, 0.15) is 0 Å². The summed E-state index contributed by atoms with van der Waals surface area (Å²) >= 11 is 5.26. The number of benzene rings is 3. The lowest BCUT2D eigenvalue weighted by atomic mass is 10.0. The first-order chi connectivity index (χ1) is 18.3. The summed E-state index contributed by atoms with van der Waals surface area (Å²) in [5.41, 5.74) is 7.57. The highest BCUT2D eigenvalue weighted by atomic mass is 32.1. The van der Waals surface area contributed by atoms with Crippen LogP contribution < -0.4 is 15.6 Å². The molecule has 2 N–H and O–H groups in total. The number of pyridine rings is 1. The minimum atomic E-state index is -1.27. The molecule has 38 heavy (non-hydrogen) atoms. The summed E-state index contributed by atoms with van der Waals surface area (Å²) in [6.45, 7) is 3.89. The highest BCUT2D eigenvalue weighted by Gasteiger charge is 2.38. The van der Waals surface area contributed by atoms with E-state index in [1.54, 1.807) is 18.2 Å². The van der Waals surface area contributed by atoms with Crippen LogP contribution in [0.15, 0.2) is 84.0 Å². The van der Waals surface area contributed by atoms with Crippen LogP contribution in [0.5, 0.6) is 0 Å². The predicted octanol–water partition coefficient (Wildman–Crippen LogP) is 4.30. The molecule has 1 aromatic heterocycles. The highest BCUT2D eigenvalue weighted by molar-refractivity contribution is 7.80. The van der Waals surface area contributed by atoms with Crippen molar-refractivity contribution < 1.29 is 14.4 Å². The summed E-state index contributed by atoms with van der Waals surface area (Å²) in [6, 6.07) is 24.0. The Morgan fingerprint density at radius 2 is 1.74 bits per heavy atom. The number of thiocarbonyl (C=S) groups is 1. The van der Waals surface area contributed by atoms with Gasteiger partial charge in [-0.3, -0.25) is 19.3 Å². The fraction of sp³-hybridized carbons (Fsp3) is 0.103. The Morgan fingerprint density at radius 1 is 1.00 bits per heavy atom. The van der Waals surface area contributed by atoms with Crippen LogP contribution in [-0.2, 0) is 9.59 Å². The number of hydrogen-bond donors (Lipinski definition) is 2. The van der Waals surface area contributed by atoms with Crippen molar-refractivity contribution in [3.8, 4) is 11.3 Å². The fourth-order valence-corrected chi connectivity index (χ4v) is 4.48. The molecule has 1 aliphatic rings. The molecule has 0 spiro atoms. The maximum atomic E-state index is 13.2. The molecule has 3 aromatic carbocycles. The van der Waals surface area contributed by atoms with Crippen molar-refractivity contribution in [1.82, 2.24) is 15.7 Å². The lowest BCUT2D eigenvalue weighted by molar-refractivity contribution is -0.130. The van der Waals surface area contributed by atoms with Crippen LogP contribution in [0.2, 0.25) is 0 Å². The number of hydrogen-bond acceptors (Lipinski definition) is 6. The number of aromatic nitrogens is 1. The number of nitrogens with one attached hydrogen (secondary N) is 2. The number of hydrazone groups is 1. The van der Waals surface area contributed by atoms with Crippen LogP contribution in [0.4, 0.5) is 5.69 Å². The van der Waals surface area contributed by atoms with Gasteiger partial charge in [-0.05, 0) is 61.5 Å². The molecule has 9 heteroatoms. The molecule has 1 atom stereocenters. The van der Waals surface area contributed by atoms with Gasteiger partial charge in [0, 0.05) is 17.2 Å². The van der Waals surface area contributed by atoms with Gasteiger partial charge in [-0.25, -0.2) is 10.4 Å². The third kappa shape index (κ3) is 4.79. The number of para-hydroxylation sites is 1. The average Bonchev–Trinajstić information content (AvgIpc) is 2.92. The summed E-state index contributed by atoms with van der Waals surface area (Å²) < 4.78 is 0. The van der Waals surface area contributed by atoms with Crippen LogP contribution in [0, 0.1) is 19.8 Å². The van der Waals surface area contributed by atoms with E-state index in [0.717, 1.165) is 22.9 Å². The van der Waals surface area contributed by atoms with Crippen LogP contribution in [0.1, 0.15) is 21.5 Å². The fourth-order valence-electron chi connectivity index (χ4n) is 4.18. The Labute approximate surface area is 224 Å². The molecule has 0 bridgehead atoms. The third-order valence-electron chi connectivity index (χ3n) is 6.37. The van der Waals surface area contributed by atoms with E-state index in [2.05, 4.69) is 20.8 Å². The van der Waals surface area contributed by atoms with Crippen molar-refractivity contribution in [2.24, 2.45) is 11.0 Å². The molecule has 1 fully saturated rings. The second kappa shape index (κ2) is 10.3. The zero-order valence-corrected chi connectivity index (χ0v) is 21.5. The normalized spacial score (nSPS) is 15.7. The van der Waals surface area contributed by atoms with Gasteiger partial charge >= 0.3 is 0 Å². The minimum absolute atomic E-state index is 0.00589. The molecular formula is C29H23N5O3S. The van der Waals surface area contributed by atoms with Crippen molar-refractivity contribution in [1.29, 1.82) is 0 Å². The van der Waals surface area contributed by atoms with Gasteiger partial charge in [0.05, 0.1) is 22.5 Å². The van der Waals surface area contributed by atoms with Gasteiger partial charge in [0.2, 0.25) is 5.91 Å². The van der Waals surface area contributed by atoms with E-state index in [4.69, 9.17) is 12.2 Å². The van der Waals surface area contributed by atoms with Crippen molar-refractivity contribution in [2.45, 2.75) is 13.8 Å². The molecule has 0 saturated carbocycles. The average molecular weight is 522 g/mol. The number of carbonyl (C=O) groups excluding carboxylic acids is 3. The summed E-state index contributed by atoms with van der Waals surface area (Å²) in [7, 11) is 0. The third-order valence-corrected chi connectivity index (χ3v) is 6.66. The first-order valence-corrected chi connectivity index (χ1v) is 12.3. The van der Waals surface area contributed by atoms with Crippen LogP contribution in [0.3, 0.4) is 0 Å². The maximum absolute atomic E-state index is 13.2. The van der Waals surface area contributed by atoms with Gasteiger partial charge < -0.3 is 5.32 Å². The van der Waals surface area contributed by atoms with Crippen molar-refractivity contribution >= 4 is 57.9 Å². The standard InChI is InChI=1S/C29H23N5O3S/c1-17-12-13-20(14-18(17)2)34-28(37)23(26(35)32-29(34)38)16-30-33-27(36)22-15-25(19-8-4-3-5-9-19)31-24-11-7-6-10-21(22)24/h3-16,23H,1-2H3,(H,33,36)(H,32,35,38)/b30-16-/t23-/m1/s1. The quantitative estimate of drug-likeness (QED) is 0.176. The number of nitrogens with zero attached hydrogens (tertiary/aromatic N) is 3. The number of fused-ring (bicyclic) bond motifs is 1. The Morgan fingerprint density at radius 3 is 2.50 bits per heavy atom. The Kier molecular flexibility index (Phi) is 6.76. The van der Waals surface area contributed by atoms with E-state index < -0.39 is 23.6 Å². The largest absolute Gasteiger partial charge is 0.301 e. The molecule has 4 aromatic rings. The summed E-state index contributed by atoms with van der Waals surface area (Å²) in [6.07, 6.45) is 1.12. The van der Waals surface area contributed by atoms with Gasteiger partial charge in [0.15, 0.2) is 11.0 Å². The molecule has 8 nitrogen and oxygen atoms in total. The van der Waals surface area contributed by atoms with Gasteiger partial charge in [-0.1, -0.05) is 54.6 Å². The number of aryl methyl sites for hydroxylation is 2. The molecule has 2 heterocycles. The van der Waals surface area contributed by atoms with E-state index in [0.29, 0.717) is 27.8 Å². The van der Waals surface area contributed by atoms with Crippen LogP contribution in [0.25, 0.3) is 22.2 Å². The monoisotopic (exact) mass is 521 g/mol. The smallest absolute Gasteiger partial charge is 0.272 e. The minimum Gasteiger partial charge on any atom is -0.301 e. The highest BCUT2D eigenvalue weighted by Crippen LogP contribution is 2.25. The topological polar surface area (TPSA) is 104 Å². The van der Waals surface area contributed by atoms with Crippen molar-refractivity contribution in [3.63, 3.8) is 0 Å². The number of amides is 3. The molecule has 1 saturated heterocycles. The molecule has 3 amide bonds. The molecule has 188 valence electrons. The number of anilines is 1. The SMILES string of the molecule is Cc1ccc(N2C(=O)[C@H](/C=N\NC(=O)c3cc(-c4ccccc4)nc4ccccc34)C(=O)NC2=S)cc1C. The second-order valence-electron chi connectivity index (χ2n) is 8.87. The second-order valence-corrected chi connectivity index (χ2v) is 9.26. The molecule has 0 aliphatic carbocycles. The summed E-state index contributed by atoms with van der Waals surface area (Å²) in [5.74, 6) is -2.93. The van der Waals surface area contributed by atoms with Gasteiger partial charge in [0.25, 0.3) is 11.8 Å². The van der Waals surface area contributed by atoms with Crippen molar-refractivity contribution in [3.05, 3.63) is 95.6 Å². The van der Waals surface area contributed by atoms with Gasteiger partial charge in [-0.15, -0.1) is 0 Å². The van der Waals surface area contributed by atoms with E-state index in [1.807, 2.05) is 74.5 Å². The predicted molar refractivity (Wildman–Crippen MR) is 151 cm³/mol. The lowest BCUT2D eigenvalue weighted by Crippen LogP contribution is -2.58. The number of rotatable bonds is 5. The van der Waals surface area contributed by atoms with Crippen LogP contribution in [-0.4, -0.2) is 34.0 Å². The van der Waals surface area contributed by atoms with E-state index in [9.17, 15) is 14.4 Å². The van der Waals surface area contributed by atoms with E-state index in [1.165, 1.54) is 4.90 Å². The maximum Gasteiger partial charge on any atom is 0.272 e. The Bertz CT molecular complexity index is 1630. The first-order valence-electron chi connectivity index (χ1n) is 11.9. The zero-order chi connectivity index (χ0) is 26.8. The Hall–Kier alpha value is -4.76. The lowest BCUT2D eigenvalue weighted by Gasteiger charge is -2.31. The van der Waals surface area contributed by atoms with Crippen molar-refractivity contribution in [2.75, 3.05) is 4.90 Å². The summed E-state index contributed by atoms with van der Waals surface area (Å²) in [5, 5.41) is 7.16. The van der Waals surface area contributed by atoms with Crippen LogP contribution >= 0.6 is 12.2 Å². The number of carbonyl (C=O) groups is 3. The molecule has 5 rings (SSSR count). The van der Waals surface area contributed by atoms with E-state index >= 15 is 0 Å². The molecule has 0 radical (unpaired) electrons. The van der Waals surface area contributed by atoms with Gasteiger partial charge in [-0.2, -0.15) is 5.10 Å². The molecule has 1 aliphatic heterocycles. The molecular weight excluding hydrogens is 498 g/mol. The zero-order valence-electron chi connectivity index (χ0n) is 20.6. The summed E-state index contributed by atoms with van der Waals surface area (Å²) in [4.78, 5) is 44.9. The molecule has 0 unspecified atom stereocenters. The first kappa shape index (κ1) is 24.9. The Balaban J connectivity index is 1.40.